The zero-order chi connectivity index (χ0) is 12.3. The highest BCUT2D eigenvalue weighted by Crippen LogP contribution is 2.10. The molecule has 0 saturated carbocycles. The lowest BCUT2D eigenvalue weighted by Crippen LogP contribution is -2.43. The summed E-state index contributed by atoms with van der Waals surface area (Å²) in [4.78, 5) is 7.54. The third-order valence-corrected chi connectivity index (χ3v) is 3.85. The van der Waals surface area contributed by atoms with Gasteiger partial charge in [-0.3, -0.25) is 0 Å². The molecule has 2 rings (SSSR count). The van der Waals surface area contributed by atoms with E-state index in [0.717, 1.165) is 0 Å². The van der Waals surface area contributed by atoms with Gasteiger partial charge in [0, 0.05) is 19.3 Å². The van der Waals surface area contributed by atoms with E-state index in [9.17, 15) is 8.42 Å². The molecular weight excluding hydrogens is 268 g/mol. The molecule has 1 saturated heterocycles. The minimum absolute atomic E-state index is 0.0380. The van der Waals surface area contributed by atoms with Crippen molar-refractivity contribution in [3.63, 3.8) is 0 Å². The lowest BCUT2D eigenvalue weighted by molar-refractivity contribution is 0.0733. The summed E-state index contributed by atoms with van der Waals surface area (Å²) < 4.78 is 32.4. The van der Waals surface area contributed by atoms with Gasteiger partial charge in [-0.1, -0.05) is 11.6 Å². The SMILES string of the molecule is O=S(=O)(Nc1nccc(Cl)n1)N1CCOCC1. The van der Waals surface area contributed by atoms with Crippen LogP contribution in [0.3, 0.4) is 0 Å². The smallest absolute Gasteiger partial charge is 0.304 e. The number of hydrogen-bond acceptors (Lipinski definition) is 5. The van der Waals surface area contributed by atoms with E-state index in [1.54, 1.807) is 0 Å². The van der Waals surface area contributed by atoms with Crippen LogP contribution in [0, 0.1) is 0 Å². The average Bonchev–Trinajstić information content (AvgIpc) is 2.29. The van der Waals surface area contributed by atoms with Gasteiger partial charge in [-0.05, 0) is 6.07 Å². The Morgan fingerprint density at radius 2 is 2.12 bits per heavy atom. The quantitative estimate of drug-likeness (QED) is 0.794. The maximum atomic E-state index is 11.9. The molecule has 17 heavy (non-hydrogen) atoms. The Morgan fingerprint density at radius 1 is 1.41 bits per heavy atom. The van der Waals surface area contributed by atoms with Crippen molar-refractivity contribution in [1.29, 1.82) is 0 Å². The Morgan fingerprint density at radius 3 is 2.76 bits per heavy atom. The van der Waals surface area contributed by atoms with Crippen molar-refractivity contribution in [3.8, 4) is 0 Å². The molecule has 1 fully saturated rings. The molecule has 0 atom stereocenters. The third-order valence-electron chi connectivity index (χ3n) is 2.15. The monoisotopic (exact) mass is 278 g/mol. The minimum Gasteiger partial charge on any atom is -0.379 e. The summed E-state index contributed by atoms with van der Waals surface area (Å²) in [5.74, 6) is -0.0380. The average molecular weight is 279 g/mol. The summed E-state index contributed by atoms with van der Waals surface area (Å²) in [6.07, 6.45) is 1.38. The van der Waals surface area contributed by atoms with E-state index in [1.165, 1.54) is 16.6 Å². The van der Waals surface area contributed by atoms with Crippen molar-refractivity contribution in [2.45, 2.75) is 0 Å². The van der Waals surface area contributed by atoms with Crippen molar-refractivity contribution in [2.24, 2.45) is 0 Å². The molecule has 1 aliphatic rings. The molecule has 94 valence electrons. The molecule has 7 nitrogen and oxygen atoms in total. The second-order valence-electron chi connectivity index (χ2n) is 3.32. The molecule has 0 amide bonds. The second kappa shape index (κ2) is 5.13. The maximum Gasteiger partial charge on any atom is 0.304 e. The number of anilines is 1. The predicted molar refractivity (Wildman–Crippen MR) is 62.0 cm³/mol. The molecule has 2 heterocycles. The molecule has 0 aliphatic carbocycles. The van der Waals surface area contributed by atoms with Crippen molar-refractivity contribution in [3.05, 3.63) is 17.4 Å². The number of hydrogen-bond donors (Lipinski definition) is 1. The van der Waals surface area contributed by atoms with Gasteiger partial charge in [-0.25, -0.2) is 14.7 Å². The van der Waals surface area contributed by atoms with E-state index in [1.807, 2.05) is 0 Å². The van der Waals surface area contributed by atoms with Gasteiger partial charge in [0.05, 0.1) is 13.2 Å². The van der Waals surface area contributed by atoms with Gasteiger partial charge in [0.15, 0.2) is 0 Å². The number of rotatable bonds is 3. The number of ether oxygens (including phenoxy) is 1. The molecule has 0 bridgehead atoms. The van der Waals surface area contributed by atoms with Gasteiger partial charge >= 0.3 is 10.2 Å². The van der Waals surface area contributed by atoms with E-state index in [-0.39, 0.29) is 11.1 Å². The fourth-order valence-electron chi connectivity index (χ4n) is 1.35. The standard InChI is InChI=1S/C8H11ClN4O3S/c9-7-1-2-10-8(11-7)12-17(14,15)13-3-5-16-6-4-13/h1-2H,3-6H2,(H,10,11,12). The van der Waals surface area contributed by atoms with Crippen LogP contribution >= 0.6 is 11.6 Å². The highest BCUT2D eigenvalue weighted by Gasteiger charge is 2.24. The minimum atomic E-state index is -3.63. The van der Waals surface area contributed by atoms with Crippen molar-refractivity contribution in [2.75, 3.05) is 31.0 Å². The summed E-state index contributed by atoms with van der Waals surface area (Å²) in [5, 5.41) is 0.180. The van der Waals surface area contributed by atoms with Crippen LogP contribution in [0.5, 0.6) is 0 Å². The molecule has 0 spiro atoms. The Hall–Kier alpha value is -0.960. The maximum absolute atomic E-state index is 11.9. The van der Waals surface area contributed by atoms with E-state index < -0.39 is 10.2 Å². The topological polar surface area (TPSA) is 84.4 Å². The van der Waals surface area contributed by atoms with Crippen LogP contribution < -0.4 is 4.72 Å². The zero-order valence-corrected chi connectivity index (χ0v) is 10.4. The fourth-order valence-corrected chi connectivity index (χ4v) is 2.58. The first-order valence-corrected chi connectivity index (χ1v) is 6.74. The number of nitrogens with zero attached hydrogens (tertiary/aromatic N) is 3. The van der Waals surface area contributed by atoms with E-state index >= 15 is 0 Å². The van der Waals surface area contributed by atoms with Crippen LogP contribution in [-0.4, -0.2) is 49.0 Å². The molecular formula is C8H11ClN4O3S. The Kier molecular flexibility index (Phi) is 3.77. The molecule has 0 unspecified atom stereocenters. The Balaban J connectivity index is 2.11. The van der Waals surface area contributed by atoms with E-state index in [0.29, 0.717) is 26.3 Å². The van der Waals surface area contributed by atoms with Gasteiger partial charge in [-0.2, -0.15) is 12.7 Å². The first-order chi connectivity index (χ1) is 8.08. The molecule has 9 heteroatoms. The number of halogens is 1. The van der Waals surface area contributed by atoms with Crippen LogP contribution in [0.15, 0.2) is 12.3 Å². The first kappa shape index (κ1) is 12.5. The Bertz CT molecular complexity index is 489. The highest BCUT2D eigenvalue weighted by molar-refractivity contribution is 7.90. The van der Waals surface area contributed by atoms with Crippen LogP contribution in [0.4, 0.5) is 5.95 Å². The van der Waals surface area contributed by atoms with Gasteiger partial charge in [0.1, 0.15) is 5.15 Å². The lowest BCUT2D eigenvalue weighted by atomic mass is 10.5. The lowest BCUT2D eigenvalue weighted by Gasteiger charge is -2.25. The number of morpholine rings is 1. The van der Waals surface area contributed by atoms with E-state index in [4.69, 9.17) is 16.3 Å². The van der Waals surface area contributed by atoms with Crippen molar-refractivity contribution >= 4 is 27.8 Å². The van der Waals surface area contributed by atoms with Gasteiger partial charge in [-0.15, -0.1) is 0 Å². The molecule has 0 aromatic carbocycles. The van der Waals surface area contributed by atoms with Crippen molar-refractivity contribution < 1.29 is 13.2 Å². The molecule has 1 N–H and O–H groups in total. The molecule has 1 aromatic rings. The van der Waals surface area contributed by atoms with Gasteiger partial charge in [0.2, 0.25) is 5.95 Å². The fraction of sp³-hybridized carbons (Fsp3) is 0.500. The largest absolute Gasteiger partial charge is 0.379 e. The van der Waals surface area contributed by atoms with Crippen LogP contribution in [-0.2, 0) is 14.9 Å². The van der Waals surface area contributed by atoms with Crippen LogP contribution in [0.25, 0.3) is 0 Å². The van der Waals surface area contributed by atoms with Crippen LogP contribution in [0.2, 0.25) is 5.15 Å². The number of aromatic nitrogens is 2. The Labute approximate surface area is 104 Å². The second-order valence-corrected chi connectivity index (χ2v) is 5.38. The van der Waals surface area contributed by atoms with Gasteiger partial charge in [0.25, 0.3) is 0 Å². The summed E-state index contributed by atoms with van der Waals surface area (Å²) in [5.41, 5.74) is 0. The predicted octanol–water partition coefficient (Wildman–Crippen LogP) is 0.119. The third kappa shape index (κ3) is 3.25. The van der Waals surface area contributed by atoms with E-state index in [2.05, 4.69) is 14.7 Å². The summed E-state index contributed by atoms with van der Waals surface area (Å²) in [6.45, 7) is 1.40. The van der Waals surface area contributed by atoms with Crippen LogP contribution in [0.1, 0.15) is 0 Å². The number of nitrogens with one attached hydrogen (secondary N) is 1. The van der Waals surface area contributed by atoms with Gasteiger partial charge < -0.3 is 4.74 Å². The first-order valence-electron chi connectivity index (χ1n) is 4.92. The molecule has 1 aliphatic heterocycles. The summed E-state index contributed by atoms with van der Waals surface area (Å²) in [6, 6.07) is 1.47. The summed E-state index contributed by atoms with van der Waals surface area (Å²) in [7, 11) is -3.63. The van der Waals surface area contributed by atoms with Crippen molar-refractivity contribution in [1.82, 2.24) is 14.3 Å². The normalized spacial score (nSPS) is 17.9. The highest BCUT2D eigenvalue weighted by atomic mass is 35.5. The molecule has 0 radical (unpaired) electrons. The molecule has 1 aromatic heterocycles. The summed E-state index contributed by atoms with van der Waals surface area (Å²) >= 11 is 5.64. The zero-order valence-electron chi connectivity index (χ0n) is 8.84.